The number of hydrogen-bond donors (Lipinski definition) is 2. The van der Waals surface area contributed by atoms with Crippen LogP contribution in [0.3, 0.4) is 0 Å². The number of rotatable bonds is 5. The number of anilines is 2. The van der Waals surface area contributed by atoms with Crippen LogP contribution >= 0.6 is 0 Å². The topological polar surface area (TPSA) is 87.3 Å². The summed E-state index contributed by atoms with van der Waals surface area (Å²) >= 11 is 0. The van der Waals surface area contributed by atoms with Crippen LogP contribution < -0.4 is 20.5 Å². The van der Waals surface area contributed by atoms with Gasteiger partial charge in [-0.05, 0) is 30.3 Å². The maximum absolute atomic E-state index is 13.6. The van der Waals surface area contributed by atoms with Crippen LogP contribution in [0.4, 0.5) is 29.1 Å². The van der Waals surface area contributed by atoms with Gasteiger partial charge >= 0.3 is 6.18 Å². The fraction of sp³-hybridized carbons (Fsp3) is 0.190. The predicted molar refractivity (Wildman–Crippen MR) is 107 cm³/mol. The van der Waals surface area contributed by atoms with Gasteiger partial charge in [-0.1, -0.05) is 6.07 Å². The molecule has 166 valence electrons. The van der Waals surface area contributed by atoms with Gasteiger partial charge in [0.25, 0.3) is 11.5 Å². The number of nitrogens with zero attached hydrogens (tertiary/aromatic N) is 2. The molecule has 4 rings (SSSR count). The maximum Gasteiger partial charge on any atom is 0.416 e. The van der Waals surface area contributed by atoms with Gasteiger partial charge in [-0.2, -0.15) is 13.2 Å². The molecule has 0 aliphatic carbocycles. The zero-order chi connectivity index (χ0) is 22.9. The second-order valence-corrected chi connectivity index (χ2v) is 7.05. The van der Waals surface area contributed by atoms with Crippen LogP contribution in [0.5, 0.6) is 5.75 Å². The molecule has 1 aliphatic rings. The summed E-state index contributed by atoms with van der Waals surface area (Å²) < 4.78 is 57.6. The molecule has 1 saturated heterocycles. The van der Waals surface area contributed by atoms with E-state index in [1.54, 1.807) is 23.1 Å². The van der Waals surface area contributed by atoms with Crippen molar-refractivity contribution in [3.63, 3.8) is 0 Å². The summed E-state index contributed by atoms with van der Waals surface area (Å²) in [7, 11) is 0. The summed E-state index contributed by atoms with van der Waals surface area (Å²) in [6.07, 6.45) is -2.39. The third-order valence-electron chi connectivity index (χ3n) is 4.76. The molecule has 1 amide bonds. The molecular formula is C21H16F4N4O3. The summed E-state index contributed by atoms with van der Waals surface area (Å²) in [5.74, 6) is -1.71. The van der Waals surface area contributed by atoms with Gasteiger partial charge in [-0.15, -0.1) is 0 Å². The molecule has 0 unspecified atom stereocenters. The molecule has 0 spiro atoms. The molecule has 1 aromatic carbocycles. The molecule has 1 fully saturated rings. The van der Waals surface area contributed by atoms with Crippen molar-refractivity contribution < 1.29 is 27.1 Å². The van der Waals surface area contributed by atoms with Crippen molar-refractivity contribution in [2.24, 2.45) is 0 Å². The van der Waals surface area contributed by atoms with E-state index in [1.165, 1.54) is 18.5 Å². The molecule has 7 nitrogen and oxygen atoms in total. The highest BCUT2D eigenvalue weighted by Gasteiger charge is 2.34. The minimum Gasteiger partial charge on any atom is -0.487 e. The fourth-order valence-corrected chi connectivity index (χ4v) is 3.26. The van der Waals surface area contributed by atoms with Crippen molar-refractivity contribution in [1.82, 2.24) is 9.97 Å². The van der Waals surface area contributed by atoms with E-state index >= 15 is 0 Å². The van der Waals surface area contributed by atoms with Crippen LogP contribution in [0.1, 0.15) is 15.9 Å². The average molecular weight is 448 g/mol. The molecule has 2 N–H and O–H groups in total. The van der Waals surface area contributed by atoms with Gasteiger partial charge in [-0.3, -0.25) is 9.59 Å². The first-order valence-corrected chi connectivity index (χ1v) is 9.44. The third kappa shape index (κ3) is 4.56. The van der Waals surface area contributed by atoms with Crippen LogP contribution in [0, 0.1) is 5.82 Å². The molecular weight excluding hydrogens is 432 g/mol. The van der Waals surface area contributed by atoms with E-state index in [4.69, 9.17) is 4.74 Å². The van der Waals surface area contributed by atoms with Gasteiger partial charge in [0.1, 0.15) is 29.1 Å². The lowest BCUT2D eigenvalue weighted by Gasteiger charge is -2.41. The Morgan fingerprint density at radius 1 is 1.19 bits per heavy atom. The van der Waals surface area contributed by atoms with E-state index < -0.39 is 35.1 Å². The summed E-state index contributed by atoms with van der Waals surface area (Å²) in [6.45, 7) is 0.371. The zero-order valence-corrected chi connectivity index (χ0v) is 16.3. The van der Waals surface area contributed by atoms with E-state index in [0.29, 0.717) is 11.8 Å². The lowest BCUT2D eigenvalue weighted by atomic mass is 10.1. The highest BCUT2D eigenvalue weighted by Crippen LogP contribution is 2.33. The number of hydrogen-bond acceptors (Lipinski definition) is 5. The van der Waals surface area contributed by atoms with Crippen molar-refractivity contribution in [2.75, 3.05) is 23.3 Å². The Hall–Kier alpha value is -3.89. The highest BCUT2D eigenvalue weighted by atomic mass is 19.4. The summed E-state index contributed by atoms with van der Waals surface area (Å²) in [4.78, 5) is 33.1. The number of nitrogens with one attached hydrogen (secondary N) is 2. The van der Waals surface area contributed by atoms with Gasteiger partial charge in [0.05, 0.1) is 24.3 Å². The van der Waals surface area contributed by atoms with Crippen LogP contribution in [-0.2, 0) is 6.18 Å². The molecule has 0 saturated carbocycles. The number of benzene rings is 1. The Balaban J connectivity index is 1.48. The van der Waals surface area contributed by atoms with Gasteiger partial charge in [-0.25, -0.2) is 9.37 Å². The quantitative estimate of drug-likeness (QED) is 0.584. The normalized spacial score (nSPS) is 14.1. The number of alkyl halides is 3. The smallest absolute Gasteiger partial charge is 0.416 e. The van der Waals surface area contributed by atoms with E-state index in [0.717, 1.165) is 12.1 Å². The number of H-pyrrole nitrogens is 1. The Kier molecular flexibility index (Phi) is 5.56. The summed E-state index contributed by atoms with van der Waals surface area (Å²) in [5.41, 5.74) is -1.56. The first-order chi connectivity index (χ1) is 15.2. The molecule has 3 heterocycles. The molecule has 0 bridgehead atoms. The first-order valence-electron chi connectivity index (χ1n) is 9.44. The van der Waals surface area contributed by atoms with Crippen molar-refractivity contribution in [3.05, 3.63) is 82.2 Å². The van der Waals surface area contributed by atoms with Crippen LogP contribution in [-0.4, -0.2) is 35.1 Å². The number of carbonyl (C=O) groups excluding carboxylic acids is 1. The number of amides is 1. The summed E-state index contributed by atoms with van der Waals surface area (Å²) in [6, 6.07) is 8.44. The molecule has 11 heteroatoms. The maximum atomic E-state index is 13.6. The largest absolute Gasteiger partial charge is 0.487 e. The van der Waals surface area contributed by atoms with E-state index in [-0.39, 0.29) is 30.2 Å². The standard InChI is InChI=1S/C21H16F4N4O3/c22-13-7-12(21(23,24)25)8-14(9-13)32-15-10-29(11-15)16-4-6-27-19(30)18(16)20(31)28-17-3-1-2-5-26-17/h1-9,15H,10-11H2,(H,27,30)(H,26,28,31). The molecule has 3 aromatic rings. The van der Waals surface area contributed by atoms with Crippen LogP contribution in [0.15, 0.2) is 59.7 Å². The van der Waals surface area contributed by atoms with Crippen LogP contribution in [0.25, 0.3) is 0 Å². The molecule has 1 aliphatic heterocycles. The van der Waals surface area contributed by atoms with Gasteiger partial charge in [0, 0.05) is 18.5 Å². The minimum atomic E-state index is -4.70. The Labute approximate surface area is 178 Å². The SMILES string of the molecule is O=C(Nc1ccccn1)c1c(N2CC(Oc3cc(F)cc(C(F)(F)F)c3)C2)cc[nH]c1=O. The fourth-order valence-electron chi connectivity index (χ4n) is 3.26. The predicted octanol–water partition coefficient (Wildman–Crippen LogP) is 3.45. The Morgan fingerprint density at radius 2 is 1.97 bits per heavy atom. The lowest BCUT2D eigenvalue weighted by Crippen LogP contribution is -2.55. The number of carbonyl (C=O) groups is 1. The number of aromatic nitrogens is 2. The zero-order valence-electron chi connectivity index (χ0n) is 16.3. The van der Waals surface area contributed by atoms with E-state index in [9.17, 15) is 27.2 Å². The first kappa shape index (κ1) is 21.3. The second-order valence-electron chi connectivity index (χ2n) is 7.05. The van der Waals surface area contributed by atoms with E-state index in [2.05, 4.69) is 15.3 Å². The van der Waals surface area contributed by atoms with Gasteiger partial charge in [0.15, 0.2) is 0 Å². The van der Waals surface area contributed by atoms with Crippen LogP contribution in [0.2, 0.25) is 0 Å². The lowest BCUT2D eigenvalue weighted by molar-refractivity contribution is -0.137. The summed E-state index contributed by atoms with van der Waals surface area (Å²) in [5, 5.41) is 2.54. The third-order valence-corrected chi connectivity index (χ3v) is 4.76. The Bertz CT molecular complexity index is 1190. The van der Waals surface area contributed by atoms with Crippen molar-refractivity contribution in [2.45, 2.75) is 12.3 Å². The van der Waals surface area contributed by atoms with Crippen molar-refractivity contribution in [1.29, 1.82) is 0 Å². The average Bonchev–Trinajstić information content (AvgIpc) is 2.70. The number of halogens is 4. The molecule has 2 aromatic heterocycles. The van der Waals surface area contributed by atoms with Gasteiger partial charge < -0.3 is 19.9 Å². The van der Waals surface area contributed by atoms with Gasteiger partial charge in [0.2, 0.25) is 0 Å². The molecule has 0 atom stereocenters. The van der Waals surface area contributed by atoms with Crippen molar-refractivity contribution in [3.8, 4) is 5.75 Å². The number of ether oxygens (including phenoxy) is 1. The Morgan fingerprint density at radius 3 is 2.66 bits per heavy atom. The number of aromatic amines is 1. The molecule has 0 radical (unpaired) electrons. The molecule has 32 heavy (non-hydrogen) atoms. The highest BCUT2D eigenvalue weighted by molar-refractivity contribution is 6.07. The second kappa shape index (κ2) is 8.33. The monoisotopic (exact) mass is 448 g/mol. The van der Waals surface area contributed by atoms with E-state index in [1.807, 2.05) is 0 Å². The van der Waals surface area contributed by atoms with Crippen molar-refractivity contribution >= 4 is 17.4 Å². The number of pyridine rings is 2. The minimum absolute atomic E-state index is 0.137.